The molecule has 0 bridgehead atoms. The number of carbonyl (C=O) groups is 2. The summed E-state index contributed by atoms with van der Waals surface area (Å²) in [5, 5.41) is 5.76. The molecule has 2 amide bonds. The summed E-state index contributed by atoms with van der Waals surface area (Å²) in [4.78, 5) is 24.3. The van der Waals surface area contributed by atoms with Crippen LogP contribution in [0.4, 0.5) is 0 Å². The third-order valence-electron chi connectivity index (χ3n) is 5.23. The zero-order valence-corrected chi connectivity index (χ0v) is 16.4. The van der Waals surface area contributed by atoms with Crippen LogP contribution in [-0.4, -0.2) is 25.5 Å². The first-order valence-electron chi connectivity index (χ1n) is 9.90. The molecule has 0 fully saturated rings. The SMILES string of the molecule is COc1ccc2c(c1)CCCC2CC(=O)NCCC(=O)NCc1ccccc1. The van der Waals surface area contributed by atoms with E-state index in [1.54, 1.807) is 7.11 Å². The number of ether oxygens (including phenoxy) is 1. The summed E-state index contributed by atoms with van der Waals surface area (Å²) in [6, 6.07) is 15.9. The van der Waals surface area contributed by atoms with Gasteiger partial charge in [-0.25, -0.2) is 0 Å². The van der Waals surface area contributed by atoms with Crippen molar-refractivity contribution in [1.29, 1.82) is 0 Å². The third-order valence-corrected chi connectivity index (χ3v) is 5.23. The van der Waals surface area contributed by atoms with Crippen LogP contribution in [0.5, 0.6) is 5.75 Å². The lowest BCUT2D eigenvalue weighted by Gasteiger charge is -2.25. The molecule has 0 spiro atoms. The van der Waals surface area contributed by atoms with Crippen molar-refractivity contribution in [2.24, 2.45) is 0 Å². The molecule has 0 radical (unpaired) electrons. The molecule has 1 aliphatic carbocycles. The average molecular weight is 380 g/mol. The number of carbonyl (C=O) groups excluding carboxylic acids is 2. The van der Waals surface area contributed by atoms with Crippen molar-refractivity contribution in [3.05, 3.63) is 65.2 Å². The summed E-state index contributed by atoms with van der Waals surface area (Å²) in [6.07, 6.45) is 3.89. The number of hydrogen-bond acceptors (Lipinski definition) is 3. The van der Waals surface area contributed by atoms with Crippen molar-refractivity contribution in [2.45, 2.75) is 44.6 Å². The van der Waals surface area contributed by atoms with Gasteiger partial charge in [0, 0.05) is 25.9 Å². The minimum Gasteiger partial charge on any atom is -0.497 e. The standard InChI is InChI=1S/C23H28N2O3/c1-28-20-10-11-21-18(14-20)8-5-9-19(21)15-23(27)24-13-12-22(26)25-16-17-6-3-2-4-7-17/h2-4,6-7,10-11,14,19H,5,8-9,12-13,15-16H2,1H3,(H,24,27)(H,25,26). The normalized spacial score (nSPS) is 15.4. The molecule has 5 heteroatoms. The van der Waals surface area contributed by atoms with Gasteiger partial charge < -0.3 is 15.4 Å². The Labute approximate surface area is 166 Å². The molecule has 0 aromatic heterocycles. The number of rotatable bonds is 8. The summed E-state index contributed by atoms with van der Waals surface area (Å²) in [5.74, 6) is 1.05. The molecule has 1 unspecified atom stereocenters. The van der Waals surface area contributed by atoms with Gasteiger partial charge >= 0.3 is 0 Å². The van der Waals surface area contributed by atoms with E-state index in [2.05, 4.69) is 22.8 Å². The Kier molecular flexibility index (Phi) is 7.06. The van der Waals surface area contributed by atoms with Crippen LogP contribution in [0.15, 0.2) is 48.5 Å². The average Bonchev–Trinajstić information content (AvgIpc) is 2.73. The maximum atomic E-state index is 12.3. The monoisotopic (exact) mass is 380 g/mol. The van der Waals surface area contributed by atoms with E-state index in [0.29, 0.717) is 19.5 Å². The van der Waals surface area contributed by atoms with Crippen molar-refractivity contribution in [3.63, 3.8) is 0 Å². The summed E-state index contributed by atoms with van der Waals surface area (Å²) in [6.45, 7) is 0.873. The number of fused-ring (bicyclic) bond motifs is 1. The highest BCUT2D eigenvalue weighted by molar-refractivity contribution is 5.79. The molecule has 2 N–H and O–H groups in total. The molecule has 1 aliphatic rings. The van der Waals surface area contributed by atoms with Crippen molar-refractivity contribution >= 4 is 11.8 Å². The topological polar surface area (TPSA) is 67.4 Å². The van der Waals surface area contributed by atoms with Gasteiger partial charge in [0.25, 0.3) is 0 Å². The number of benzene rings is 2. The molecule has 0 heterocycles. The van der Waals surface area contributed by atoms with E-state index in [9.17, 15) is 9.59 Å². The van der Waals surface area contributed by atoms with Gasteiger partial charge in [0.05, 0.1) is 7.11 Å². The summed E-state index contributed by atoms with van der Waals surface area (Å²) in [7, 11) is 1.67. The molecule has 28 heavy (non-hydrogen) atoms. The Morgan fingerprint density at radius 2 is 1.89 bits per heavy atom. The van der Waals surface area contributed by atoms with Crippen LogP contribution >= 0.6 is 0 Å². The summed E-state index contributed by atoms with van der Waals surface area (Å²) < 4.78 is 5.30. The first-order valence-corrected chi connectivity index (χ1v) is 9.90. The predicted molar refractivity (Wildman–Crippen MR) is 109 cm³/mol. The highest BCUT2D eigenvalue weighted by Crippen LogP contribution is 2.35. The summed E-state index contributed by atoms with van der Waals surface area (Å²) in [5.41, 5.74) is 3.60. The van der Waals surface area contributed by atoms with Crippen LogP contribution in [-0.2, 0) is 22.6 Å². The van der Waals surface area contributed by atoms with Crippen LogP contribution in [0, 0.1) is 0 Å². The smallest absolute Gasteiger partial charge is 0.222 e. The number of hydrogen-bond donors (Lipinski definition) is 2. The Morgan fingerprint density at radius 3 is 2.68 bits per heavy atom. The maximum Gasteiger partial charge on any atom is 0.222 e. The molecular weight excluding hydrogens is 352 g/mol. The zero-order chi connectivity index (χ0) is 19.8. The van der Waals surface area contributed by atoms with Gasteiger partial charge in [-0.3, -0.25) is 9.59 Å². The highest BCUT2D eigenvalue weighted by Gasteiger charge is 2.23. The van der Waals surface area contributed by atoms with Gasteiger partial charge in [0.15, 0.2) is 0 Å². The first kappa shape index (κ1) is 19.9. The fourth-order valence-corrected chi connectivity index (χ4v) is 3.73. The van der Waals surface area contributed by atoms with E-state index >= 15 is 0 Å². The molecule has 2 aromatic rings. The van der Waals surface area contributed by atoms with Crippen LogP contribution in [0.1, 0.15) is 48.3 Å². The second-order valence-electron chi connectivity index (χ2n) is 7.22. The van der Waals surface area contributed by atoms with E-state index in [-0.39, 0.29) is 24.2 Å². The molecule has 0 saturated heterocycles. The molecular formula is C23H28N2O3. The van der Waals surface area contributed by atoms with Crippen molar-refractivity contribution in [2.75, 3.05) is 13.7 Å². The number of methoxy groups -OCH3 is 1. The van der Waals surface area contributed by atoms with Crippen molar-refractivity contribution in [1.82, 2.24) is 10.6 Å². The van der Waals surface area contributed by atoms with Crippen LogP contribution in [0.3, 0.4) is 0 Å². The molecule has 3 rings (SSSR count). The number of aryl methyl sites for hydroxylation is 1. The third kappa shape index (κ3) is 5.59. The Balaban J connectivity index is 1.41. The summed E-state index contributed by atoms with van der Waals surface area (Å²) >= 11 is 0. The van der Waals surface area contributed by atoms with Gasteiger partial charge in [-0.1, -0.05) is 36.4 Å². The highest BCUT2D eigenvalue weighted by atomic mass is 16.5. The largest absolute Gasteiger partial charge is 0.497 e. The minimum absolute atomic E-state index is 0.00419. The van der Waals surface area contributed by atoms with Gasteiger partial charge in [-0.2, -0.15) is 0 Å². The molecule has 5 nitrogen and oxygen atoms in total. The van der Waals surface area contributed by atoms with Crippen molar-refractivity contribution < 1.29 is 14.3 Å². The molecule has 1 atom stereocenters. The maximum absolute atomic E-state index is 12.3. The Morgan fingerprint density at radius 1 is 1.07 bits per heavy atom. The van der Waals surface area contributed by atoms with Crippen LogP contribution in [0.25, 0.3) is 0 Å². The van der Waals surface area contributed by atoms with E-state index in [1.165, 1.54) is 11.1 Å². The van der Waals surface area contributed by atoms with Gasteiger partial charge in [-0.05, 0) is 54.0 Å². The van der Waals surface area contributed by atoms with E-state index < -0.39 is 0 Å². The van der Waals surface area contributed by atoms with E-state index in [1.807, 2.05) is 36.4 Å². The second kappa shape index (κ2) is 9.93. The lowest BCUT2D eigenvalue weighted by atomic mass is 9.81. The molecule has 0 aliphatic heterocycles. The number of nitrogens with one attached hydrogen (secondary N) is 2. The molecule has 2 aromatic carbocycles. The predicted octanol–water partition coefficient (Wildman–Crippen LogP) is 3.33. The lowest BCUT2D eigenvalue weighted by molar-refractivity contribution is -0.122. The van der Waals surface area contributed by atoms with Crippen LogP contribution in [0.2, 0.25) is 0 Å². The Bertz CT molecular complexity index is 805. The van der Waals surface area contributed by atoms with Crippen molar-refractivity contribution in [3.8, 4) is 5.75 Å². The van der Waals surface area contributed by atoms with Gasteiger partial charge in [0.2, 0.25) is 11.8 Å². The molecule has 148 valence electrons. The lowest BCUT2D eigenvalue weighted by Crippen LogP contribution is -2.31. The minimum atomic E-state index is -0.0562. The van der Waals surface area contributed by atoms with E-state index in [4.69, 9.17) is 4.74 Å². The van der Waals surface area contributed by atoms with Gasteiger partial charge in [0.1, 0.15) is 5.75 Å². The van der Waals surface area contributed by atoms with E-state index in [0.717, 1.165) is 30.6 Å². The van der Waals surface area contributed by atoms with Crippen LogP contribution < -0.4 is 15.4 Å². The zero-order valence-electron chi connectivity index (χ0n) is 16.4. The number of amides is 2. The first-order chi connectivity index (χ1) is 13.7. The fourth-order valence-electron chi connectivity index (χ4n) is 3.73. The fraction of sp³-hybridized carbons (Fsp3) is 0.391. The Hall–Kier alpha value is -2.82. The molecule has 0 saturated carbocycles. The quantitative estimate of drug-likeness (QED) is 0.738. The van der Waals surface area contributed by atoms with Gasteiger partial charge in [-0.15, -0.1) is 0 Å². The second-order valence-corrected chi connectivity index (χ2v) is 7.22.